The molecular weight excluding hydrogens is 264 g/mol. The van der Waals surface area contributed by atoms with Gasteiger partial charge in [0.25, 0.3) is 0 Å². The van der Waals surface area contributed by atoms with E-state index in [-0.39, 0.29) is 5.60 Å². The summed E-state index contributed by atoms with van der Waals surface area (Å²) in [7, 11) is 1.73. The molecule has 1 aromatic heterocycles. The maximum absolute atomic E-state index is 6.43. The molecule has 0 saturated carbocycles. The van der Waals surface area contributed by atoms with Gasteiger partial charge in [0.15, 0.2) is 0 Å². The first kappa shape index (κ1) is 13.3. The summed E-state index contributed by atoms with van der Waals surface area (Å²) in [5, 5.41) is 5.05. The molecule has 2 N–H and O–H groups in total. The molecule has 2 heterocycles. The molecule has 1 saturated heterocycles. The van der Waals surface area contributed by atoms with Crippen LogP contribution in [0.3, 0.4) is 0 Å². The van der Waals surface area contributed by atoms with E-state index in [1.165, 1.54) is 22.0 Å². The SMILES string of the molecule is COCCO[C@]12CCCN[C@@H]1Cc1c[nH]c3cccc2c13. The lowest BCUT2D eigenvalue weighted by Crippen LogP contribution is -2.57. The van der Waals surface area contributed by atoms with Gasteiger partial charge >= 0.3 is 0 Å². The van der Waals surface area contributed by atoms with Crippen LogP contribution in [-0.2, 0) is 21.5 Å². The normalized spacial score (nSPS) is 27.8. The average Bonchev–Trinajstić information content (AvgIpc) is 2.93. The summed E-state index contributed by atoms with van der Waals surface area (Å²) in [6.45, 7) is 2.37. The van der Waals surface area contributed by atoms with Crippen LogP contribution in [0.1, 0.15) is 24.0 Å². The monoisotopic (exact) mass is 286 g/mol. The van der Waals surface area contributed by atoms with Crippen molar-refractivity contribution in [1.29, 1.82) is 0 Å². The van der Waals surface area contributed by atoms with Gasteiger partial charge in [-0.3, -0.25) is 0 Å². The van der Waals surface area contributed by atoms with Crippen molar-refractivity contribution in [3.8, 4) is 0 Å². The molecule has 1 aliphatic carbocycles. The van der Waals surface area contributed by atoms with E-state index >= 15 is 0 Å². The molecule has 4 heteroatoms. The number of ether oxygens (including phenoxy) is 2. The van der Waals surface area contributed by atoms with Crippen molar-refractivity contribution in [2.45, 2.75) is 30.9 Å². The van der Waals surface area contributed by atoms with Crippen LogP contribution in [0.15, 0.2) is 24.4 Å². The molecule has 2 aromatic rings. The van der Waals surface area contributed by atoms with E-state index in [0.29, 0.717) is 19.3 Å². The topological polar surface area (TPSA) is 46.3 Å². The van der Waals surface area contributed by atoms with Crippen molar-refractivity contribution in [3.63, 3.8) is 0 Å². The number of benzene rings is 1. The number of H-pyrrole nitrogens is 1. The fraction of sp³-hybridized carbons (Fsp3) is 0.529. The van der Waals surface area contributed by atoms with E-state index in [1.807, 2.05) is 0 Å². The number of hydrogen-bond donors (Lipinski definition) is 2. The molecule has 0 spiro atoms. The highest BCUT2D eigenvalue weighted by molar-refractivity contribution is 5.88. The first-order valence-corrected chi connectivity index (χ1v) is 7.81. The van der Waals surface area contributed by atoms with E-state index in [2.05, 4.69) is 34.7 Å². The minimum Gasteiger partial charge on any atom is -0.382 e. The summed E-state index contributed by atoms with van der Waals surface area (Å²) in [6.07, 6.45) is 5.42. The Labute approximate surface area is 124 Å². The smallest absolute Gasteiger partial charge is 0.109 e. The van der Waals surface area contributed by atoms with Crippen molar-refractivity contribution in [2.24, 2.45) is 0 Å². The van der Waals surface area contributed by atoms with E-state index < -0.39 is 0 Å². The molecule has 21 heavy (non-hydrogen) atoms. The Morgan fingerprint density at radius 2 is 2.29 bits per heavy atom. The highest BCUT2D eigenvalue weighted by atomic mass is 16.5. The van der Waals surface area contributed by atoms with Gasteiger partial charge in [-0.1, -0.05) is 12.1 Å². The van der Waals surface area contributed by atoms with Gasteiger partial charge in [-0.15, -0.1) is 0 Å². The van der Waals surface area contributed by atoms with E-state index in [9.17, 15) is 0 Å². The van der Waals surface area contributed by atoms with Gasteiger partial charge in [-0.05, 0) is 43.0 Å². The van der Waals surface area contributed by atoms with Crippen LogP contribution in [0.2, 0.25) is 0 Å². The van der Waals surface area contributed by atoms with Gasteiger partial charge in [0, 0.05) is 30.3 Å². The highest BCUT2D eigenvalue weighted by Crippen LogP contribution is 2.46. The summed E-state index contributed by atoms with van der Waals surface area (Å²) in [4.78, 5) is 3.41. The number of aromatic nitrogens is 1. The molecule has 0 amide bonds. The standard InChI is InChI=1S/C17H22N2O2/c1-20-8-9-21-17-6-3-7-18-15(17)10-12-11-19-14-5-2-4-13(17)16(12)14/h2,4-5,11,15,18-19H,3,6-10H2,1H3/t15-,17+/m1/s1. The molecule has 1 fully saturated rings. The van der Waals surface area contributed by atoms with Crippen molar-refractivity contribution in [3.05, 3.63) is 35.5 Å². The van der Waals surface area contributed by atoms with Crippen molar-refractivity contribution < 1.29 is 9.47 Å². The second-order valence-electron chi connectivity index (χ2n) is 6.09. The quantitative estimate of drug-likeness (QED) is 0.848. The fourth-order valence-electron chi connectivity index (χ4n) is 4.07. The summed E-state index contributed by atoms with van der Waals surface area (Å²) in [5.74, 6) is 0. The minimum absolute atomic E-state index is 0.203. The Hall–Kier alpha value is -1.36. The number of methoxy groups -OCH3 is 1. The molecule has 4 nitrogen and oxygen atoms in total. The van der Waals surface area contributed by atoms with Gasteiger partial charge in [-0.2, -0.15) is 0 Å². The van der Waals surface area contributed by atoms with Gasteiger partial charge in [0.1, 0.15) is 5.60 Å². The zero-order valence-electron chi connectivity index (χ0n) is 12.4. The molecule has 1 aromatic carbocycles. The molecule has 2 atom stereocenters. The zero-order chi connectivity index (χ0) is 14.3. The van der Waals surface area contributed by atoms with Gasteiger partial charge < -0.3 is 19.8 Å². The molecule has 4 rings (SSSR count). The molecule has 0 bridgehead atoms. The number of piperidine rings is 1. The Morgan fingerprint density at radius 1 is 1.33 bits per heavy atom. The van der Waals surface area contributed by atoms with Gasteiger partial charge in [0.2, 0.25) is 0 Å². The number of hydrogen-bond acceptors (Lipinski definition) is 3. The number of fused-ring (bicyclic) bond motifs is 2. The van der Waals surface area contributed by atoms with Crippen LogP contribution in [0.4, 0.5) is 0 Å². The summed E-state index contributed by atoms with van der Waals surface area (Å²) >= 11 is 0. The largest absolute Gasteiger partial charge is 0.382 e. The van der Waals surface area contributed by atoms with Crippen molar-refractivity contribution in [1.82, 2.24) is 10.3 Å². The molecule has 112 valence electrons. The molecule has 0 unspecified atom stereocenters. The molecular formula is C17H22N2O2. The third-order valence-electron chi connectivity index (χ3n) is 4.99. The second kappa shape index (κ2) is 5.13. The van der Waals surface area contributed by atoms with Crippen LogP contribution in [-0.4, -0.2) is 37.9 Å². The van der Waals surface area contributed by atoms with E-state index in [0.717, 1.165) is 25.8 Å². The van der Waals surface area contributed by atoms with E-state index in [1.54, 1.807) is 7.11 Å². The Bertz CT molecular complexity index is 651. The Balaban J connectivity index is 1.83. The number of aromatic amines is 1. The van der Waals surface area contributed by atoms with Crippen LogP contribution in [0.5, 0.6) is 0 Å². The summed E-state index contributed by atoms with van der Waals surface area (Å²) < 4.78 is 11.6. The van der Waals surface area contributed by atoms with Crippen LogP contribution in [0.25, 0.3) is 10.9 Å². The van der Waals surface area contributed by atoms with E-state index in [4.69, 9.17) is 9.47 Å². The molecule has 1 aliphatic heterocycles. The first-order chi connectivity index (χ1) is 10.3. The summed E-state index contributed by atoms with van der Waals surface area (Å²) in [5.41, 5.74) is 3.77. The predicted molar refractivity (Wildman–Crippen MR) is 82.5 cm³/mol. The van der Waals surface area contributed by atoms with Crippen LogP contribution >= 0.6 is 0 Å². The maximum Gasteiger partial charge on any atom is 0.109 e. The third-order valence-corrected chi connectivity index (χ3v) is 4.99. The second-order valence-corrected chi connectivity index (χ2v) is 6.09. The highest BCUT2D eigenvalue weighted by Gasteiger charge is 2.47. The first-order valence-electron chi connectivity index (χ1n) is 7.81. The summed E-state index contributed by atoms with van der Waals surface area (Å²) in [6, 6.07) is 6.89. The van der Waals surface area contributed by atoms with Crippen molar-refractivity contribution in [2.75, 3.05) is 26.9 Å². The third kappa shape index (κ3) is 1.94. The predicted octanol–water partition coefficient (Wildman–Crippen LogP) is 2.33. The molecule has 0 radical (unpaired) electrons. The minimum atomic E-state index is -0.203. The zero-order valence-corrected chi connectivity index (χ0v) is 12.4. The lowest BCUT2D eigenvalue weighted by Gasteiger charge is -2.47. The lowest BCUT2D eigenvalue weighted by molar-refractivity contribution is -0.108. The average molecular weight is 286 g/mol. The number of nitrogens with one attached hydrogen (secondary N) is 2. The Kier molecular flexibility index (Phi) is 3.25. The molecule has 2 aliphatic rings. The fourth-order valence-corrected chi connectivity index (χ4v) is 4.07. The van der Waals surface area contributed by atoms with Crippen LogP contribution < -0.4 is 5.32 Å². The lowest BCUT2D eigenvalue weighted by atomic mass is 9.72. The Morgan fingerprint density at radius 3 is 3.19 bits per heavy atom. The maximum atomic E-state index is 6.43. The van der Waals surface area contributed by atoms with Gasteiger partial charge in [-0.25, -0.2) is 0 Å². The van der Waals surface area contributed by atoms with Gasteiger partial charge in [0.05, 0.1) is 13.2 Å². The number of rotatable bonds is 4. The van der Waals surface area contributed by atoms with Crippen molar-refractivity contribution >= 4 is 10.9 Å². The van der Waals surface area contributed by atoms with Crippen LogP contribution in [0, 0.1) is 0 Å².